The maximum Gasteiger partial charge on any atom is 0.151 e. The van der Waals surface area contributed by atoms with Gasteiger partial charge in [0.1, 0.15) is 0 Å². The lowest BCUT2D eigenvalue weighted by molar-refractivity contribution is 0.584. The number of halogens is 1. The fourth-order valence-electron chi connectivity index (χ4n) is 0.709. The van der Waals surface area contributed by atoms with Crippen LogP contribution in [0.5, 0.6) is 0 Å². The molecule has 4 heteroatoms. The van der Waals surface area contributed by atoms with Crippen molar-refractivity contribution in [1.29, 1.82) is 0 Å². The predicted octanol–water partition coefficient (Wildman–Crippen LogP) is 1.45. The third-order valence-electron chi connectivity index (χ3n) is 0.975. The Morgan fingerprint density at radius 2 is 1.90 bits per heavy atom. The molecule has 0 aliphatic heterocycles. The number of hydrogen-bond acceptors (Lipinski definition) is 2. The van der Waals surface area contributed by atoms with E-state index in [1.807, 2.05) is 13.8 Å². The average Bonchev–Trinajstić information content (AvgIpc) is 1.59. The summed E-state index contributed by atoms with van der Waals surface area (Å²) in [5.41, 5.74) is 0. The lowest BCUT2D eigenvalue weighted by atomic mass is 10.3. The largest absolute Gasteiger partial charge is 0.229 e. The summed E-state index contributed by atoms with van der Waals surface area (Å²) in [4.78, 5) is 0. The van der Waals surface area contributed by atoms with Gasteiger partial charge in [0.2, 0.25) is 0 Å². The Kier molecular flexibility index (Phi) is 4.52. The van der Waals surface area contributed by atoms with E-state index in [0.29, 0.717) is 11.1 Å². The van der Waals surface area contributed by atoms with Crippen molar-refractivity contribution in [2.75, 3.05) is 16.8 Å². The van der Waals surface area contributed by atoms with E-state index < -0.39 is 9.84 Å². The summed E-state index contributed by atoms with van der Waals surface area (Å²) in [5, 5.41) is 0.544. The first-order chi connectivity index (χ1) is 4.48. The molecule has 0 aliphatic rings. The average molecular weight is 229 g/mol. The van der Waals surface area contributed by atoms with Crippen molar-refractivity contribution in [3.05, 3.63) is 0 Å². The van der Waals surface area contributed by atoms with Crippen molar-refractivity contribution < 1.29 is 8.42 Å². The van der Waals surface area contributed by atoms with Crippen LogP contribution < -0.4 is 0 Å². The zero-order valence-electron chi connectivity index (χ0n) is 6.30. The maximum absolute atomic E-state index is 11.0. The SMILES string of the molecule is CC(C)CS(=O)(=O)CCBr. The van der Waals surface area contributed by atoms with Gasteiger partial charge in [0, 0.05) is 5.33 Å². The summed E-state index contributed by atoms with van der Waals surface area (Å²) in [5.74, 6) is 0.799. The Morgan fingerprint density at radius 3 is 2.20 bits per heavy atom. The third kappa shape index (κ3) is 5.23. The first kappa shape index (κ1) is 10.4. The molecular weight excluding hydrogens is 216 g/mol. The molecule has 0 heterocycles. The Labute approximate surface area is 71.1 Å². The third-order valence-corrected chi connectivity index (χ3v) is 3.90. The highest BCUT2D eigenvalue weighted by atomic mass is 79.9. The molecule has 0 N–H and O–H groups in total. The van der Waals surface area contributed by atoms with E-state index >= 15 is 0 Å². The topological polar surface area (TPSA) is 34.1 Å². The van der Waals surface area contributed by atoms with Crippen LogP contribution >= 0.6 is 15.9 Å². The number of rotatable bonds is 4. The highest BCUT2D eigenvalue weighted by molar-refractivity contribution is 9.09. The van der Waals surface area contributed by atoms with Crippen LogP contribution in [0, 0.1) is 5.92 Å². The van der Waals surface area contributed by atoms with Crippen molar-refractivity contribution in [1.82, 2.24) is 0 Å². The zero-order chi connectivity index (χ0) is 8.20. The zero-order valence-corrected chi connectivity index (χ0v) is 8.70. The highest BCUT2D eigenvalue weighted by Gasteiger charge is 2.11. The monoisotopic (exact) mass is 228 g/mol. The smallest absolute Gasteiger partial charge is 0.151 e. The fourth-order valence-corrected chi connectivity index (χ4v) is 3.61. The minimum atomic E-state index is -2.78. The van der Waals surface area contributed by atoms with Crippen LogP contribution in [0.1, 0.15) is 13.8 Å². The van der Waals surface area contributed by atoms with Gasteiger partial charge in [-0.15, -0.1) is 0 Å². The van der Waals surface area contributed by atoms with Gasteiger partial charge in [0.05, 0.1) is 11.5 Å². The summed E-state index contributed by atoms with van der Waals surface area (Å²) in [6.45, 7) is 3.82. The van der Waals surface area contributed by atoms with Gasteiger partial charge in [-0.3, -0.25) is 0 Å². The van der Waals surface area contributed by atoms with Crippen molar-refractivity contribution >= 4 is 25.8 Å². The van der Waals surface area contributed by atoms with E-state index in [2.05, 4.69) is 15.9 Å². The van der Waals surface area contributed by atoms with Crippen LogP contribution in [0.4, 0.5) is 0 Å². The van der Waals surface area contributed by atoms with Crippen LogP contribution in [-0.2, 0) is 9.84 Å². The molecule has 0 saturated heterocycles. The van der Waals surface area contributed by atoms with E-state index in [1.54, 1.807) is 0 Å². The fraction of sp³-hybridized carbons (Fsp3) is 1.00. The summed E-state index contributed by atoms with van der Waals surface area (Å²) < 4.78 is 22.0. The summed E-state index contributed by atoms with van der Waals surface area (Å²) in [7, 11) is -2.78. The molecular formula is C6H13BrO2S. The van der Waals surface area contributed by atoms with Gasteiger partial charge in [-0.25, -0.2) is 8.42 Å². The van der Waals surface area contributed by atoms with Crippen LogP contribution in [0.2, 0.25) is 0 Å². The molecule has 0 aromatic rings. The minimum absolute atomic E-state index is 0.240. The minimum Gasteiger partial charge on any atom is -0.229 e. The predicted molar refractivity (Wildman–Crippen MR) is 47.3 cm³/mol. The van der Waals surface area contributed by atoms with Gasteiger partial charge in [0.25, 0.3) is 0 Å². The molecule has 0 atom stereocenters. The van der Waals surface area contributed by atoms with Crippen molar-refractivity contribution in [2.24, 2.45) is 5.92 Å². The van der Waals surface area contributed by atoms with E-state index in [-0.39, 0.29) is 11.7 Å². The van der Waals surface area contributed by atoms with Gasteiger partial charge in [-0.2, -0.15) is 0 Å². The van der Waals surface area contributed by atoms with Gasteiger partial charge in [-0.1, -0.05) is 29.8 Å². The van der Waals surface area contributed by atoms with Crippen LogP contribution in [0.3, 0.4) is 0 Å². The normalized spacial score (nSPS) is 12.4. The molecule has 0 saturated carbocycles. The van der Waals surface area contributed by atoms with Crippen molar-refractivity contribution in [3.63, 3.8) is 0 Å². The molecule has 0 bridgehead atoms. The second kappa shape index (κ2) is 4.34. The number of hydrogen-bond donors (Lipinski definition) is 0. The molecule has 10 heavy (non-hydrogen) atoms. The van der Waals surface area contributed by atoms with E-state index in [4.69, 9.17) is 0 Å². The van der Waals surface area contributed by atoms with Crippen LogP contribution in [0.15, 0.2) is 0 Å². The van der Waals surface area contributed by atoms with E-state index in [0.717, 1.165) is 0 Å². The van der Waals surface area contributed by atoms with Gasteiger partial charge in [0.15, 0.2) is 9.84 Å². The molecule has 0 aromatic carbocycles. The number of sulfone groups is 1. The summed E-state index contributed by atoms with van der Waals surface area (Å²) in [6.07, 6.45) is 0. The van der Waals surface area contributed by atoms with Crippen molar-refractivity contribution in [2.45, 2.75) is 13.8 Å². The van der Waals surface area contributed by atoms with Gasteiger partial charge >= 0.3 is 0 Å². The highest BCUT2D eigenvalue weighted by Crippen LogP contribution is 2.01. The van der Waals surface area contributed by atoms with Gasteiger partial charge < -0.3 is 0 Å². The molecule has 0 rings (SSSR count). The summed E-state index contributed by atoms with van der Waals surface area (Å²) >= 11 is 3.10. The maximum atomic E-state index is 11.0. The Bertz CT molecular complexity index is 172. The molecule has 62 valence electrons. The van der Waals surface area contributed by atoms with Crippen molar-refractivity contribution in [3.8, 4) is 0 Å². The lowest BCUT2D eigenvalue weighted by Gasteiger charge is -2.03. The molecule has 0 fully saturated rings. The quantitative estimate of drug-likeness (QED) is 0.684. The molecule has 0 aromatic heterocycles. The van der Waals surface area contributed by atoms with E-state index in [1.165, 1.54) is 0 Å². The molecule has 0 amide bonds. The Balaban J connectivity index is 3.89. The number of alkyl halides is 1. The second-order valence-corrected chi connectivity index (χ2v) is 5.72. The lowest BCUT2D eigenvalue weighted by Crippen LogP contribution is -2.15. The first-order valence-corrected chi connectivity index (χ1v) is 6.18. The molecule has 0 aliphatic carbocycles. The van der Waals surface area contributed by atoms with E-state index in [9.17, 15) is 8.42 Å². The second-order valence-electron chi connectivity index (χ2n) is 2.70. The standard InChI is InChI=1S/C6H13BrO2S/c1-6(2)5-10(8,9)4-3-7/h6H,3-5H2,1-2H3. The van der Waals surface area contributed by atoms with Gasteiger partial charge in [-0.05, 0) is 5.92 Å². The summed E-state index contributed by atoms with van der Waals surface area (Å²) in [6, 6.07) is 0. The van der Waals surface area contributed by atoms with Crippen LogP contribution in [-0.4, -0.2) is 25.3 Å². The molecule has 0 spiro atoms. The first-order valence-electron chi connectivity index (χ1n) is 3.24. The van der Waals surface area contributed by atoms with Crippen LogP contribution in [0.25, 0.3) is 0 Å². The Morgan fingerprint density at radius 1 is 1.40 bits per heavy atom. The molecule has 0 radical (unpaired) electrons. The molecule has 2 nitrogen and oxygen atoms in total. The Hall–Kier alpha value is 0.430. The molecule has 0 unspecified atom stereocenters.